The normalized spacial score (nSPS) is 18.1. The predicted molar refractivity (Wildman–Crippen MR) is 123 cm³/mol. The van der Waals surface area contributed by atoms with Crippen LogP contribution in [-0.4, -0.2) is 34.3 Å². The van der Waals surface area contributed by atoms with E-state index in [-0.39, 0.29) is 12.6 Å². The van der Waals surface area contributed by atoms with Crippen molar-refractivity contribution in [3.05, 3.63) is 50.4 Å². The first kappa shape index (κ1) is 20.5. The summed E-state index contributed by atoms with van der Waals surface area (Å²) < 4.78 is 5.33. The van der Waals surface area contributed by atoms with E-state index in [1.165, 1.54) is 40.0 Å². The van der Waals surface area contributed by atoms with Gasteiger partial charge in [0.25, 0.3) is 0 Å². The Morgan fingerprint density at radius 3 is 3.06 bits per heavy atom. The van der Waals surface area contributed by atoms with Crippen LogP contribution in [0.1, 0.15) is 34.7 Å². The second kappa shape index (κ2) is 8.60. The number of esters is 1. The standard InChI is InChI=1S/C21H20N4O3S3/c1-2-28-20(26)16-12(24-21(27)25-17(16)14-7-4-8-29-14)9-30-18-15-11-5-3-6-13(11)31-19(15)23-10-22-18/h4,7-8,10,17H,2-3,5-6,9H2,1H3,(H2,24,25,27). The molecule has 0 saturated carbocycles. The number of amides is 2. The summed E-state index contributed by atoms with van der Waals surface area (Å²) in [6.45, 7) is 2.04. The lowest BCUT2D eigenvalue weighted by Crippen LogP contribution is -2.46. The van der Waals surface area contributed by atoms with Crippen LogP contribution in [0.3, 0.4) is 0 Å². The van der Waals surface area contributed by atoms with Gasteiger partial charge in [0.05, 0.1) is 18.2 Å². The third-order valence-corrected chi connectivity index (χ3v) is 8.45. The summed E-state index contributed by atoms with van der Waals surface area (Å²) in [5, 5.41) is 9.64. The van der Waals surface area contributed by atoms with Crippen LogP contribution in [0.4, 0.5) is 4.79 Å². The van der Waals surface area contributed by atoms with Crippen molar-refractivity contribution in [1.29, 1.82) is 0 Å². The second-order valence-corrected chi connectivity index (χ2v) is 10.2. The van der Waals surface area contributed by atoms with Crippen molar-refractivity contribution in [3.63, 3.8) is 0 Å². The molecule has 1 atom stereocenters. The third-order valence-electron chi connectivity index (χ3n) is 5.30. The highest BCUT2D eigenvalue weighted by atomic mass is 32.2. The maximum absolute atomic E-state index is 12.9. The molecule has 0 radical (unpaired) electrons. The van der Waals surface area contributed by atoms with Crippen molar-refractivity contribution in [2.24, 2.45) is 0 Å². The molecule has 0 spiro atoms. The largest absolute Gasteiger partial charge is 0.463 e. The molecule has 1 aliphatic carbocycles. The van der Waals surface area contributed by atoms with Gasteiger partial charge >= 0.3 is 12.0 Å². The Bertz CT molecular complexity index is 1190. The molecule has 0 bridgehead atoms. The maximum atomic E-state index is 12.9. The average molecular weight is 473 g/mol. The lowest BCUT2D eigenvalue weighted by Gasteiger charge is -2.28. The van der Waals surface area contributed by atoms with Crippen LogP contribution in [0.5, 0.6) is 0 Å². The quantitative estimate of drug-likeness (QED) is 0.317. The molecule has 5 rings (SSSR count). The molecule has 2 aliphatic rings. The highest BCUT2D eigenvalue weighted by Gasteiger charge is 2.34. The summed E-state index contributed by atoms with van der Waals surface area (Å²) in [7, 11) is 0. The van der Waals surface area contributed by atoms with Crippen LogP contribution in [0.2, 0.25) is 0 Å². The van der Waals surface area contributed by atoms with E-state index in [0.29, 0.717) is 17.0 Å². The van der Waals surface area contributed by atoms with Crippen LogP contribution >= 0.6 is 34.4 Å². The molecule has 3 aromatic rings. The highest BCUT2D eigenvalue weighted by molar-refractivity contribution is 7.99. The van der Waals surface area contributed by atoms with Gasteiger partial charge in [0.1, 0.15) is 16.2 Å². The van der Waals surface area contributed by atoms with Crippen LogP contribution < -0.4 is 10.6 Å². The molecule has 0 fully saturated rings. The molecule has 2 N–H and O–H groups in total. The predicted octanol–water partition coefficient (Wildman–Crippen LogP) is 4.20. The maximum Gasteiger partial charge on any atom is 0.338 e. The van der Waals surface area contributed by atoms with E-state index in [1.807, 2.05) is 17.5 Å². The van der Waals surface area contributed by atoms with Gasteiger partial charge in [0.15, 0.2) is 0 Å². The molecule has 31 heavy (non-hydrogen) atoms. The minimum Gasteiger partial charge on any atom is -0.463 e. The number of nitrogens with zero attached hydrogens (tertiary/aromatic N) is 2. The third kappa shape index (κ3) is 3.83. The van der Waals surface area contributed by atoms with Crippen molar-refractivity contribution in [3.8, 4) is 0 Å². The number of aromatic nitrogens is 2. The number of thioether (sulfide) groups is 1. The second-order valence-electron chi connectivity index (χ2n) is 7.16. The SMILES string of the molecule is CCOC(=O)C1=C(CSc2ncnc3sc4c(c23)CCC4)NC(=O)NC1c1cccs1. The smallest absolute Gasteiger partial charge is 0.338 e. The minimum atomic E-state index is -0.529. The Morgan fingerprint density at radius 1 is 1.35 bits per heavy atom. The van der Waals surface area contributed by atoms with Gasteiger partial charge < -0.3 is 15.4 Å². The van der Waals surface area contributed by atoms with Crippen LogP contribution in [0.25, 0.3) is 10.2 Å². The zero-order chi connectivity index (χ0) is 21.4. The van der Waals surface area contributed by atoms with Crippen LogP contribution in [0.15, 0.2) is 40.1 Å². The lowest BCUT2D eigenvalue weighted by molar-refractivity contribution is -0.139. The lowest BCUT2D eigenvalue weighted by atomic mass is 10.0. The van der Waals surface area contributed by atoms with Crippen molar-refractivity contribution < 1.29 is 14.3 Å². The van der Waals surface area contributed by atoms with E-state index < -0.39 is 12.0 Å². The average Bonchev–Trinajstić information content (AvgIpc) is 3.49. The topological polar surface area (TPSA) is 93.2 Å². The summed E-state index contributed by atoms with van der Waals surface area (Å²) in [5.41, 5.74) is 2.36. The first-order valence-electron chi connectivity index (χ1n) is 10.0. The zero-order valence-electron chi connectivity index (χ0n) is 16.8. The van der Waals surface area contributed by atoms with Gasteiger partial charge in [-0.2, -0.15) is 0 Å². The van der Waals surface area contributed by atoms with Gasteiger partial charge in [0, 0.05) is 26.6 Å². The molecule has 7 nitrogen and oxygen atoms in total. The molecule has 10 heteroatoms. The first-order valence-corrected chi connectivity index (χ1v) is 12.7. The number of carbonyl (C=O) groups is 2. The molecule has 160 valence electrons. The van der Waals surface area contributed by atoms with Gasteiger partial charge in [-0.1, -0.05) is 17.8 Å². The number of hydrogen-bond donors (Lipinski definition) is 2. The number of carbonyl (C=O) groups excluding carboxylic acids is 2. The van der Waals surface area contributed by atoms with Crippen LogP contribution in [0, 0.1) is 0 Å². The zero-order valence-corrected chi connectivity index (χ0v) is 19.2. The van der Waals surface area contributed by atoms with Gasteiger partial charge in [-0.05, 0) is 43.2 Å². The number of ether oxygens (including phenoxy) is 1. The molecule has 0 aromatic carbocycles. The number of fused-ring (bicyclic) bond motifs is 3. The number of thiophene rings is 2. The molecule has 1 unspecified atom stereocenters. The molecule has 1 aliphatic heterocycles. The Hall–Kier alpha value is -2.43. The van der Waals surface area contributed by atoms with E-state index in [0.717, 1.165) is 33.0 Å². The Balaban J connectivity index is 1.51. The van der Waals surface area contributed by atoms with Crippen molar-refractivity contribution >= 4 is 56.7 Å². The van der Waals surface area contributed by atoms with E-state index in [1.54, 1.807) is 24.6 Å². The summed E-state index contributed by atoms with van der Waals surface area (Å²) >= 11 is 4.76. The Morgan fingerprint density at radius 2 is 2.26 bits per heavy atom. The summed E-state index contributed by atoms with van der Waals surface area (Å²) in [6.07, 6.45) is 4.90. The molecule has 2 amide bonds. The number of urea groups is 1. The fourth-order valence-electron chi connectivity index (χ4n) is 4.00. The van der Waals surface area contributed by atoms with E-state index in [9.17, 15) is 9.59 Å². The minimum absolute atomic E-state index is 0.265. The fraction of sp³-hybridized carbons (Fsp3) is 0.333. The van der Waals surface area contributed by atoms with Crippen molar-refractivity contribution in [1.82, 2.24) is 20.6 Å². The van der Waals surface area contributed by atoms with Gasteiger partial charge in [0.2, 0.25) is 0 Å². The fourth-order valence-corrected chi connectivity index (χ4v) is 7.07. The summed E-state index contributed by atoms with van der Waals surface area (Å²) in [6, 6.07) is 2.96. The Kier molecular flexibility index (Phi) is 5.68. The number of aryl methyl sites for hydroxylation is 2. The number of nitrogens with one attached hydrogen (secondary N) is 2. The summed E-state index contributed by atoms with van der Waals surface area (Å²) in [5.74, 6) is -0.0200. The summed E-state index contributed by atoms with van der Waals surface area (Å²) in [4.78, 5) is 37.5. The number of hydrogen-bond acceptors (Lipinski definition) is 8. The van der Waals surface area contributed by atoms with Gasteiger partial charge in [-0.15, -0.1) is 22.7 Å². The van der Waals surface area contributed by atoms with E-state index >= 15 is 0 Å². The number of rotatable bonds is 6. The van der Waals surface area contributed by atoms with Gasteiger partial charge in [-0.25, -0.2) is 19.6 Å². The molecule has 0 saturated heterocycles. The monoisotopic (exact) mass is 472 g/mol. The van der Waals surface area contributed by atoms with Crippen LogP contribution in [-0.2, 0) is 22.4 Å². The Labute approximate surface area is 191 Å². The molecular weight excluding hydrogens is 452 g/mol. The molecular formula is C21H20N4O3S3. The highest BCUT2D eigenvalue weighted by Crippen LogP contribution is 2.41. The van der Waals surface area contributed by atoms with Crippen molar-refractivity contribution in [2.45, 2.75) is 37.3 Å². The van der Waals surface area contributed by atoms with E-state index in [4.69, 9.17) is 4.74 Å². The van der Waals surface area contributed by atoms with Crippen molar-refractivity contribution in [2.75, 3.05) is 12.4 Å². The molecule has 3 aromatic heterocycles. The van der Waals surface area contributed by atoms with Gasteiger partial charge in [-0.3, -0.25) is 0 Å². The molecule has 4 heterocycles. The first-order chi connectivity index (χ1) is 15.2. The van der Waals surface area contributed by atoms with E-state index in [2.05, 4.69) is 20.6 Å².